The fourth-order valence-electron chi connectivity index (χ4n) is 2.08. The van der Waals surface area contributed by atoms with Crippen molar-refractivity contribution in [3.8, 4) is 0 Å². The van der Waals surface area contributed by atoms with Gasteiger partial charge in [0.2, 0.25) is 5.91 Å². The summed E-state index contributed by atoms with van der Waals surface area (Å²) in [5, 5.41) is 2.93. The molecule has 0 fully saturated rings. The van der Waals surface area contributed by atoms with Crippen LogP contribution in [-0.4, -0.2) is 5.91 Å². The second kappa shape index (κ2) is 6.38. The zero-order valence-electron chi connectivity index (χ0n) is 12.4. The molecule has 0 aliphatic rings. The zero-order chi connectivity index (χ0) is 14.5. The molecule has 0 saturated carbocycles. The molecule has 0 radical (unpaired) electrons. The summed E-state index contributed by atoms with van der Waals surface area (Å²) in [6.45, 7) is 6.24. The van der Waals surface area contributed by atoms with Gasteiger partial charge in [-0.25, -0.2) is 0 Å². The maximum absolute atomic E-state index is 11.9. The van der Waals surface area contributed by atoms with Crippen LogP contribution < -0.4 is 5.32 Å². The summed E-state index contributed by atoms with van der Waals surface area (Å²) in [7, 11) is 0. The Balaban J connectivity index is 1.88. The molecule has 0 aromatic heterocycles. The Morgan fingerprint density at radius 3 is 2.30 bits per heavy atom. The third-order valence-corrected chi connectivity index (χ3v) is 3.55. The smallest absolute Gasteiger partial charge is 0.224 e. The predicted octanol–water partition coefficient (Wildman–Crippen LogP) is 4.18. The number of amides is 1. The summed E-state index contributed by atoms with van der Waals surface area (Å²) in [5.74, 6) is 0.0621. The molecule has 0 atom stereocenters. The van der Waals surface area contributed by atoms with Crippen molar-refractivity contribution >= 4 is 11.6 Å². The molecule has 0 heterocycles. The summed E-state index contributed by atoms with van der Waals surface area (Å²) >= 11 is 0. The van der Waals surface area contributed by atoms with Gasteiger partial charge >= 0.3 is 0 Å². The molecule has 0 bridgehead atoms. The molecule has 0 spiro atoms. The van der Waals surface area contributed by atoms with Gasteiger partial charge in [-0.2, -0.15) is 0 Å². The minimum atomic E-state index is 0.0621. The van der Waals surface area contributed by atoms with Crippen molar-refractivity contribution in [3.63, 3.8) is 0 Å². The first-order valence-electron chi connectivity index (χ1n) is 6.97. The van der Waals surface area contributed by atoms with Crippen LogP contribution in [0.15, 0.2) is 42.5 Å². The molecule has 2 aromatic rings. The number of carbonyl (C=O) groups excluding carboxylic acids is 1. The van der Waals surface area contributed by atoms with Crippen LogP contribution in [0.4, 0.5) is 5.69 Å². The van der Waals surface area contributed by atoms with Gasteiger partial charge in [-0.3, -0.25) is 4.79 Å². The van der Waals surface area contributed by atoms with Crippen molar-refractivity contribution in [1.82, 2.24) is 0 Å². The molecule has 1 amide bonds. The second-order valence-electron chi connectivity index (χ2n) is 5.33. The van der Waals surface area contributed by atoms with Crippen LogP contribution in [0.3, 0.4) is 0 Å². The van der Waals surface area contributed by atoms with E-state index < -0.39 is 0 Å². The van der Waals surface area contributed by atoms with Crippen LogP contribution in [0.2, 0.25) is 0 Å². The minimum Gasteiger partial charge on any atom is -0.326 e. The van der Waals surface area contributed by atoms with E-state index in [0.717, 1.165) is 12.1 Å². The molecule has 0 saturated heterocycles. The Hall–Kier alpha value is -2.09. The highest BCUT2D eigenvalue weighted by molar-refractivity contribution is 5.90. The zero-order valence-corrected chi connectivity index (χ0v) is 12.4. The van der Waals surface area contributed by atoms with Gasteiger partial charge in [0.15, 0.2) is 0 Å². The number of hydrogen-bond acceptors (Lipinski definition) is 1. The lowest BCUT2D eigenvalue weighted by Gasteiger charge is -2.07. The van der Waals surface area contributed by atoms with Gasteiger partial charge in [-0.05, 0) is 56.0 Å². The summed E-state index contributed by atoms with van der Waals surface area (Å²) in [6, 6.07) is 14.2. The van der Waals surface area contributed by atoms with Gasteiger partial charge in [0.1, 0.15) is 0 Å². The lowest BCUT2D eigenvalue weighted by Crippen LogP contribution is -2.12. The van der Waals surface area contributed by atoms with E-state index in [2.05, 4.69) is 37.4 Å². The Kier molecular flexibility index (Phi) is 4.57. The molecule has 2 rings (SSSR count). The first-order valence-corrected chi connectivity index (χ1v) is 6.97. The first kappa shape index (κ1) is 14.3. The van der Waals surface area contributed by atoms with E-state index in [1.54, 1.807) is 0 Å². The third kappa shape index (κ3) is 3.95. The van der Waals surface area contributed by atoms with E-state index in [1.807, 2.05) is 31.2 Å². The number of aryl methyl sites for hydroxylation is 4. The maximum Gasteiger partial charge on any atom is 0.224 e. The lowest BCUT2D eigenvalue weighted by atomic mass is 10.0. The Morgan fingerprint density at radius 2 is 1.65 bits per heavy atom. The van der Waals surface area contributed by atoms with Crippen LogP contribution in [0, 0.1) is 20.8 Å². The number of anilines is 1. The van der Waals surface area contributed by atoms with E-state index in [1.165, 1.54) is 22.3 Å². The number of carbonyl (C=O) groups is 1. The average molecular weight is 267 g/mol. The summed E-state index contributed by atoms with van der Waals surface area (Å²) in [4.78, 5) is 11.9. The summed E-state index contributed by atoms with van der Waals surface area (Å²) in [6.07, 6.45) is 1.29. The van der Waals surface area contributed by atoms with Crippen LogP contribution >= 0.6 is 0 Å². The fourth-order valence-corrected chi connectivity index (χ4v) is 2.08. The first-order chi connectivity index (χ1) is 9.54. The predicted molar refractivity (Wildman–Crippen MR) is 84.0 cm³/mol. The second-order valence-corrected chi connectivity index (χ2v) is 5.33. The largest absolute Gasteiger partial charge is 0.326 e. The van der Waals surface area contributed by atoms with Crippen molar-refractivity contribution in [1.29, 1.82) is 0 Å². The molecule has 104 valence electrons. The Bertz CT molecular complexity index is 599. The van der Waals surface area contributed by atoms with Crippen molar-refractivity contribution < 1.29 is 4.79 Å². The van der Waals surface area contributed by atoms with Gasteiger partial charge in [-0.15, -0.1) is 0 Å². The standard InChI is InChI=1S/C18H21NO/c1-13-4-9-17(10-5-13)19-18(20)11-8-16-7-6-14(2)15(3)12-16/h4-7,9-10,12H,8,11H2,1-3H3,(H,19,20). The Morgan fingerprint density at radius 1 is 0.950 bits per heavy atom. The molecule has 1 N–H and O–H groups in total. The highest BCUT2D eigenvalue weighted by Crippen LogP contribution is 2.13. The molecular weight excluding hydrogens is 246 g/mol. The van der Waals surface area contributed by atoms with E-state index in [-0.39, 0.29) is 5.91 Å². The SMILES string of the molecule is Cc1ccc(NC(=O)CCc2ccc(C)c(C)c2)cc1. The molecule has 2 aromatic carbocycles. The van der Waals surface area contributed by atoms with Gasteiger partial charge in [0.25, 0.3) is 0 Å². The van der Waals surface area contributed by atoms with E-state index in [0.29, 0.717) is 6.42 Å². The molecule has 0 aliphatic heterocycles. The van der Waals surface area contributed by atoms with Crippen molar-refractivity contribution in [2.45, 2.75) is 33.6 Å². The van der Waals surface area contributed by atoms with Crippen LogP contribution in [0.25, 0.3) is 0 Å². The normalized spacial score (nSPS) is 10.3. The lowest BCUT2D eigenvalue weighted by molar-refractivity contribution is -0.116. The quantitative estimate of drug-likeness (QED) is 0.884. The number of hydrogen-bond donors (Lipinski definition) is 1. The summed E-state index contributed by atoms with van der Waals surface area (Å²) in [5.41, 5.74) is 5.84. The average Bonchev–Trinajstić information content (AvgIpc) is 2.43. The highest BCUT2D eigenvalue weighted by Gasteiger charge is 2.04. The van der Waals surface area contributed by atoms with E-state index in [4.69, 9.17) is 0 Å². The highest BCUT2D eigenvalue weighted by atomic mass is 16.1. The van der Waals surface area contributed by atoms with E-state index >= 15 is 0 Å². The monoisotopic (exact) mass is 267 g/mol. The van der Waals surface area contributed by atoms with Crippen molar-refractivity contribution in [2.24, 2.45) is 0 Å². The molecule has 20 heavy (non-hydrogen) atoms. The van der Waals surface area contributed by atoms with E-state index in [9.17, 15) is 4.79 Å². The van der Waals surface area contributed by atoms with Gasteiger partial charge in [0.05, 0.1) is 0 Å². The van der Waals surface area contributed by atoms with Crippen LogP contribution in [0.5, 0.6) is 0 Å². The van der Waals surface area contributed by atoms with Gasteiger partial charge < -0.3 is 5.32 Å². The van der Waals surface area contributed by atoms with Crippen LogP contribution in [-0.2, 0) is 11.2 Å². The van der Waals surface area contributed by atoms with Crippen LogP contribution in [0.1, 0.15) is 28.7 Å². The number of benzene rings is 2. The maximum atomic E-state index is 11.9. The molecular formula is C18H21NO. The Labute approximate surface area is 120 Å². The number of rotatable bonds is 4. The van der Waals surface area contributed by atoms with Gasteiger partial charge in [-0.1, -0.05) is 35.9 Å². The van der Waals surface area contributed by atoms with Crippen molar-refractivity contribution in [3.05, 3.63) is 64.7 Å². The van der Waals surface area contributed by atoms with Crippen molar-refractivity contribution in [2.75, 3.05) is 5.32 Å². The molecule has 0 aliphatic carbocycles. The molecule has 2 nitrogen and oxygen atoms in total. The third-order valence-electron chi connectivity index (χ3n) is 3.55. The topological polar surface area (TPSA) is 29.1 Å². The van der Waals surface area contributed by atoms with Gasteiger partial charge in [0, 0.05) is 12.1 Å². The minimum absolute atomic E-state index is 0.0621. The fraction of sp³-hybridized carbons (Fsp3) is 0.278. The molecule has 2 heteroatoms. The number of nitrogens with one attached hydrogen (secondary N) is 1. The molecule has 0 unspecified atom stereocenters. The summed E-state index contributed by atoms with van der Waals surface area (Å²) < 4.78 is 0.